The molecule has 324 valence electrons. The van der Waals surface area contributed by atoms with Gasteiger partial charge in [0.25, 0.3) is 11.8 Å². The molecule has 0 aromatic heterocycles. The maximum Gasteiger partial charge on any atom is 0.253 e. The van der Waals surface area contributed by atoms with Gasteiger partial charge in [-0.25, -0.2) is 8.78 Å². The molecule has 16 heteroatoms. The molecule has 3 amide bonds. The SMILES string of the molecule is C[C@]12C=CC(=O)C=C1[C@@H](F)C[C@H]1[C@@H]3C[C@H]4O[C@@H](c5ccc(Sc6cccc(NC(=O)CCOCCOCCN7C(=O)C=CC7=O)c6)cc5)O[C@@]4(C(=O)CO)[C@@]3(C)C[C@H](O)[C@@]12F. The van der Waals surface area contributed by atoms with Gasteiger partial charge in [-0.2, -0.15) is 0 Å². The Morgan fingerprint density at radius 3 is 2.39 bits per heavy atom. The van der Waals surface area contributed by atoms with E-state index in [0.29, 0.717) is 11.3 Å². The highest BCUT2D eigenvalue weighted by Gasteiger charge is 2.80. The lowest BCUT2D eigenvalue weighted by Gasteiger charge is -2.63. The molecule has 13 nitrogen and oxygen atoms in total. The third-order valence-electron chi connectivity index (χ3n) is 13.6. The van der Waals surface area contributed by atoms with E-state index < -0.39 is 76.8 Å². The number of nitrogens with one attached hydrogen (secondary N) is 1. The molecule has 4 aliphatic carbocycles. The number of halogens is 2. The maximum atomic E-state index is 17.7. The summed E-state index contributed by atoms with van der Waals surface area (Å²) in [7, 11) is 0. The number of ether oxygens (including phenoxy) is 4. The van der Waals surface area contributed by atoms with Crippen molar-refractivity contribution in [2.75, 3.05) is 44.9 Å². The molecule has 2 heterocycles. The minimum absolute atomic E-state index is 0.0111. The standard InChI is InChI=1S/C45H48F2N2O11S/c1-42-14-12-28(51)21-33(42)34(46)22-32-31-23-37-45(36(53)25-50,43(31,2)24-35(52)44(32,42)47)60-41(59-37)26-6-8-29(9-7-26)61-30-5-3-4-27(20-30)48-38(54)13-16-57-18-19-58-17-15-49-39(55)10-11-40(49)56/h3-12,14,20-21,31-32,34-35,37,41,50,52H,13,15-19,22-25H2,1-2H3,(H,48,54)/t31-,32-,34-,35-,37+,41+,42-,43-,44-,45+/m0/s1. The van der Waals surface area contributed by atoms with Crippen LogP contribution in [0.5, 0.6) is 0 Å². The quantitative estimate of drug-likeness (QED) is 0.166. The number of Topliss-reactive ketones (excluding diaryl/α,β-unsaturated/α-hetero) is 1. The van der Waals surface area contributed by atoms with Crippen molar-refractivity contribution < 1.29 is 61.9 Å². The molecule has 0 radical (unpaired) electrons. The number of rotatable bonds is 15. The number of aliphatic hydroxyl groups excluding tert-OH is 2. The number of hydrogen-bond acceptors (Lipinski definition) is 12. The molecule has 0 spiro atoms. The van der Waals surface area contributed by atoms with Crippen LogP contribution in [-0.2, 0) is 42.9 Å². The summed E-state index contributed by atoms with van der Waals surface area (Å²) in [4.78, 5) is 64.6. The molecule has 2 aromatic carbocycles. The van der Waals surface area contributed by atoms with Gasteiger partial charge in [0.2, 0.25) is 5.91 Å². The van der Waals surface area contributed by atoms with Crippen molar-refractivity contribution in [3.63, 3.8) is 0 Å². The van der Waals surface area contributed by atoms with E-state index in [1.807, 2.05) is 30.3 Å². The Morgan fingerprint density at radius 2 is 1.67 bits per heavy atom. The number of ketones is 2. The fourth-order valence-corrected chi connectivity index (χ4v) is 11.6. The van der Waals surface area contributed by atoms with Crippen LogP contribution >= 0.6 is 11.8 Å². The van der Waals surface area contributed by atoms with Gasteiger partial charge in [0, 0.05) is 49.9 Å². The molecule has 10 atom stereocenters. The lowest BCUT2D eigenvalue weighted by molar-refractivity contribution is -0.235. The van der Waals surface area contributed by atoms with Crippen molar-refractivity contribution in [3.8, 4) is 0 Å². The number of imide groups is 1. The molecule has 3 N–H and O–H groups in total. The Kier molecular flexibility index (Phi) is 11.8. The minimum atomic E-state index is -2.34. The van der Waals surface area contributed by atoms with Gasteiger partial charge < -0.3 is 34.5 Å². The fourth-order valence-electron chi connectivity index (χ4n) is 10.7. The average molecular weight is 863 g/mol. The van der Waals surface area contributed by atoms with Gasteiger partial charge in [-0.1, -0.05) is 43.0 Å². The smallest absolute Gasteiger partial charge is 0.253 e. The fraction of sp³-hybridized carbons (Fsp3) is 0.489. The minimum Gasteiger partial charge on any atom is -0.390 e. The van der Waals surface area contributed by atoms with Gasteiger partial charge >= 0.3 is 0 Å². The molecule has 61 heavy (non-hydrogen) atoms. The predicted octanol–water partition coefficient (Wildman–Crippen LogP) is 4.77. The van der Waals surface area contributed by atoms with Gasteiger partial charge in [0.1, 0.15) is 12.8 Å². The average Bonchev–Trinajstić information content (AvgIpc) is 3.86. The summed E-state index contributed by atoms with van der Waals surface area (Å²) in [6, 6.07) is 14.7. The highest BCUT2D eigenvalue weighted by Crippen LogP contribution is 2.72. The Hall–Kier alpha value is -4.42. The van der Waals surface area contributed by atoms with Crippen LogP contribution in [0.25, 0.3) is 0 Å². The Labute approximate surface area is 355 Å². The first-order valence-electron chi connectivity index (χ1n) is 20.4. The van der Waals surface area contributed by atoms with Crippen LogP contribution in [0.2, 0.25) is 0 Å². The molecule has 3 saturated carbocycles. The zero-order valence-corrected chi connectivity index (χ0v) is 34.5. The molecule has 6 aliphatic rings. The number of amides is 3. The number of fused-ring (bicyclic) bond motifs is 7. The van der Waals surface area contributed by atoms with Crippen LogP contribution in [0.3, 0.4) is 0 Å². The van der Waals surface area contributed by atoms with Crippen molar-refractivity contribution in [3.05, 3.63) is 90.0 Å². The van der Waals surface area contributed by atoms with Crippen LogP contribution in [0.1, 0.15) is 51.4 Å². The summed E-state index contributed by atoms with van der Waals surface area (Å²) in [5, 5.41) is 24.9. The second-order valence-corrected chi connectivity index (χ2v) is 18.0. The topological polar surface area (TPSA) is 178 Å². The number of anilines is 1. The van der Waals surface area contributed by atoms with E-state index in [1.54, 1.807) is 25.1 Å². The highest BCUT2D eigenvalue weighted by atomic mass is 32.2. The van der Waals surface area contributed by atoms with Gasteiger partial charge in [-0.05, 0) is 80.2 Å². The molecule has 0 unspecified atom stereocenters. The highest BCUT2D eigenvalue weighted by molar-refractivity contribution is 7.99. The number of hydrogen-bond donors (Lipinski definition) is 3. The van der Waals surface area contributed by atoms with E-state index in [-0.39, 0.29) is 82.0 Å². The lowest BCUT2D eigenvalue weighted by Crippen LogP contribution is -2.70. The molecule has 2 aromatic rings. The molecule has 1 saturated heterocycles. The summed E-state index contributed by atoms with van der Waals surface area (Å²) >= 11 is 1.45. The van der Waals surface area contributed by atoms with Crippen molar-refractivity contribution in [1.82, 2.24) is 4.90 Å². The van der Waals surface area contributed by atoms with E-state index in [0.717, 1.165) is 20.8 Å². The normalized spacial score (nSPS) is 34.8. The van der Waals surface area contributed by atoms with E-state index in [9.17, 15) is 34.2 Å². The van der Waals surface area contributed by atoms with Gasteiger partial charge in [-0.3, -0.25) is 28.9 Å². The molecular formula is C45H48F2N2O11S. The van der Waals surface area contributed by atoms with Gasteiger partial charge in [-0.15, -0.1) is 0 Å². The largest absolute Gasteiger partial charge is 0.390 e. The van der Waals surface area contributed by atoms with Crippen LogP contribution in [0.15, 0.2) is 94.3 Å². The van der Waals surface area contributed by atoms with E-state index >= 15 is 8.78 Å². The monoisotopic (exact) mass is 862 g/mol. The van der Waals surface area contributed by atoms with Crippen LogP contribution in [-0.4, -0.2) is 114 Å². The number of carbonyl (C=O) groups is 5. The number of nitrogens with zero attached hydrogens (tertiary/aromatic N) is 1. The third kappa shape index (κ3) is 7.33. The first-order valence-corrected chi connectivity index (χ1v) is 21.3. The molecule has 8 rings (SSSR count). The van der Waals surface area contributed by atoms with Crippen molar-refractivity contribution >= 4 is 46.7 Å². The number of carbonyl (C=O) groups excluding carboxylic acids is 5. The number of benzene rings is 2. The van der Waals surface area contributed by atoms with E-state index in [2.05, 4.69) is 5.32 Å². The summed E-state index contributed by atoms with van der Waals surface area (Å²) in [5.74, 6) is -3.73. The Morgan fingerprint density at radius 1 is 0.951 bits per heavy atom. The summed E-state index contributed by atoms with van der Waals surface area (Å²) in [6.45, 7) is 3.40. The zero-order valence-electron chi connectivity index (χ0n) is 33.7. The third-order valence-corrected chi connectivity index (χ3v) is 14.6. The molecule has 4 fully saturated rings. The summed E-state index contributed by atoms with van der Waals surface area (Å²) < 4.78 is 57.6. The Bertz CT molecular complexity index is 2180. The van der Waals surface area contributed by atoms with Crippen LogP contribution in [0, 0.1) is 22.7 Å². The lowest BCUT2D eigenvalue weighted by atomic mass is 9.44. The number of alkyl halides is 2. The number of aliphatic hydroxyl groups is 2. The molecule has 2 aliphatic heterocycles. The zero-order chi connectivity index (χ0) is 43.3. The second-order valence-electron chi connectivity index (χ2n) is 16.9. The van der Waals surface area contributed by atoms with Gasteiger partial charge in [0.15, 0.2) is 29.1 Å². The Balaban J connectivity index is 0.865. The molecular weight excluding hydrogens is 815 g/mol. The first kappa shape index (κ1) is 43.2. The van der Waals surface area contributed by atoms with E-state index in [4.69, 9.17) is 18.9 Å². The van der Waals surface area contributed by atoms with Crippen molar-refractivity contribution in [2.24, 2.45) is 22.7 Å². The molecule has 0 bridgehead atoms. The maximum absolute atomic E-state index is 17.7. The van der Waals surface area contributed by atoms with Crippen molar-refractivity contribution in [1.29, 1.82) is 0 Å². The summed E-state index contributed by atoms with van der Waals surface area (Å²) in [6.07, 6.45) is 0.720. The van der Waals surface area contributed by atoms with Crippen molar-refractivity contribution in [2.45, 2.75) is 85.3 Å². The first-order chi connectivity index (χ1) is 29.1. The van der Waals surface area contributed by atoms with Crippen LogP contribution in [0.4, 0.5) is 14.5 Å². The predicted molar refractivity (Wildman–Crippen MR) is 215 cm³/mol. The number of allylic oxidation sites excluding steroid dienone is 4. The second kappa shape index (κ2) is 16.7. The van der Waals surface area contributed by atoms with Gasteiger partial charge in [0.05, 0.1) is 51.6 Å². The van der Waals surface area contributed by atoms with Crippen LogP contribution < -0.4 is 5.32 Å². The van der Waals surface area contributed by atoms with E-state index in [1.165, 1.54) is 43.0 Å². The summed E-state index contributed by atoms with van der Waals surface area (Å²) in [5.41, 5.74) is -5.67.